The number of hydrogen-bond donors (Lipinski definition) is 1. The Morgan fingerprint density at radius 2 is 1.58 bits per heavy atom. The minimum Gasteiger partial charge on any atom is -0.464 e. The lowest BCUT2D eigenvalue weighted by atomic mass is 9.99. The van der Waals surface area contributed by atoms with Crippen molar-refractivity contribution in [2.75, 3.05) is 26.9 Å². The second-order valence-corrected chi connectivity index (χ2v) is 6.07. The average molecular weight is 345 g/mol. The number of unbranched alkanes of at least 4 members (excludes halogenated alkanes) is 5. The third kappa shape index (κ3) is 11.3. The van der Waals surface area contributed by atoms with E-state index in [4.69, 9.17) is 14.2 Å². The summed E-state index contributed by atoms with van der Waals surface area (Å²) in [4.78, 5) is 24.0. The summed E-state index contributed by atoms with van der Waals surface area (Å²) in [6, 6.07) is -0.676. The van der Waals surface area contributed by atoms with Gasteiger partial charge in [0, 0.05) is 7.11 Å². The van der Waals surface area contributed by atoms with Crippen LogP contribution in [0.25, 0.3) is 0 Å². The van der Waals surface area contributed by atoms with Crippen molar-refractivity contribution in [1.82, 2.24) is 5.32 Å². The highest BCUT2D eigenvalue weighted by Crippen LogP contribution is 2.11. The lowest BCUT2D eigenvalue weighted by Crippen LogP contribution is -2.46. The summed E-state index contributed by atoms with van der Waals surface area (Å²) in [5.74, 6) is -0.404. The maximum Gasteiger partial charge on any atom is 0.407 e. The van der Waals surface area contributed by atoms with Gasteiger partial charge in [-0.05, 0) is 12.3 Å². The molecule has 0 spiro atoms. The smallest absolute Gasteiger partial charge is 0.407 e. The normalized spacial score (nSPS) is 13.2. The van der Waals surface area contributed by atoms with Gasteiger partial charge in [-0.25, -0.2) is 9.59 Å². The zero-order chi connectivity index (χ0) is 18.2. The number of carbonyl (C=O) groups excluding carboxylic acids is 2. The van der Waals surface area contributed by atoms with Crippen LogP contribution in [0.15, 0.2) is 0 Å². The van der Waals surface area contributed by atoms with Gasteiger partial charge in [-0.15, -0.1) is 0 Å². The molecule has 2 unspecified atom stereocenters. The van der Waals surface area contributed by atoms with Crippen molar-refractivity contribution in [3.63, 3.8) is 0 Å². The van der Waals surface area contributed by atoms with Gasteiger partial charge in [0.2, 0.25) is 0 Å². The fraction of sp³-hybridized carbons (Fsp3) is 0.889. The van der Waals surface area contributed by atoms with Gasteiger partial charge < -0.3 is 19.5 Å². The van der Waals surface area contributed by atoms with E-state index in [-0.39, 0.29) is 18.5 Å². The third-order valence-electron chi connectivity index (χ3n) is 4.00. The van der Waals surface area contributed by atoms with E-state index in [1.165, 1.54) is 32.8 Å². The Kier molecular flexibility index (Phi) is 14.4. The van der Waals surface area contributed by atoms with E-state index in [0.717, 1.165) is 19.3 Å². The Hall–Kier alpha value is -1.30. The van der Waals surface area contributed by atoms with Gasteiger partial charge in [-0.3, -0.25) is 0 Å². The molecule has 6 nitrogen and oxygen atoms in total. The minimum atomic E-state index is -0.676. The molecule has 142 valence electrons. The molecule has 0 aliphatic rings. The largest absolute Gasteiger partial charge is 0.464 e. The molecule has 1 N–H and O–H groups in total. The fourth-order valence-electron chi connectivity index (χ4n) is 2.20. The summed E-state index contributed by atoms with van der Waals surface area (Å²) in [7, 11) is 1.53. The first kappa shape index (κ1) is 22.7. The first-order chi connectivity index (χ1) is 11.6. The van der Waals surface area contributed by atoms with Crippen molar-refractivity contribution >= 4 is 12.1 Å². The molecule has 24 heavy (non-hydrogen) atoms. The fourth-order valence-corrected chi connectivity index (χ4v) is 2.20. The topological polar surface area (TPSA) is 73.9 Å². The standard InChI is InChI=1S/C18H35NO5/c1-5-7-8-9-10-11-12-23-17(20)16(15(3)6-2)19-18(21)24-14-13-22-4/h15-16H,5-14H2,1-4H3,(H,19,21). The predicted molar refractivity (Wildman–Crippen MR) is 93.9 cm³/mol. The molecule has 0 fully saturated rings. The number of amides is 1. The molecular formula is C18H35NO5. The highest BCUT2D eigenvalue weighted by Gasteiger charge is 2.27. The van der Waals surface area contributed by atoms with Crippen LogP contribution in [0.1, 0.15) is 65.7 Å². The molecule has 0 radical (unpaired) electrons. The van der Waals surface area contributed by atoms with Crippen molar-refractivity contribution in [3.8, 4) is 0 Å². The van der Waals surface area contributed by atoms with Crippen LogP contribution in [0.2, 0.25) is 0 Å². The lowest BCUT2D eigenvalue weighted by molar-refractivity contribution is -0.147. The summed E-state index contributed by atoms with van der Waals surface area (Å²) >= 11 is 0. The lowest BCUT2D eigenvalue weighted by Gasteiger charge is -2.22. The Labute approximate surface area is 146 Å². The molecule has 1 amide bonds. The Balaban J connectivity index is 4.14. The molecule has 6 heteroatoms. The number of hydrogen-bond acceptors (Lipinski definition) is 5. The summed E-state index contributed by atoms with van der Waals surface area (Å²) in [6.07, 6.45) is 6.94. The summed E-state index contributed by atoms with van der Waals surface area (Å²) < 4.78 is 15.1. The van der Waals surface area contributed by atoms with Gasteiger partial charge >= 0.3 is 12.1 Å². The quantitative estimate of drug-likeness (QED) is 0.384. The molecule has 0 heterocycles. The molecule has 0 aromatic heterocycles. The van der Waals surface area contributed by atoms with E-state index >= 15 is 0 Å². The minimum absolute atomic E-state index is 0.0166. The van der Waals surface area contributed by atoms with Gasteiger partial charge in [0.05, 0.1) is 13.2 Å². The molecule has 0 saturated heterocycles. The molecule has 0 aromatic rings. The molecule has 0 aromatic carbocycles. The molecular weight excluding hydrogens is 310 g/mol. The zero-order valence-electron chi connectivity index (χ0n) is 15.8. The molecule has 0 rings (SSSR count). The van der Waals surface area contributed by atoms with Gasteiger partial charge in [0.25, 0.3) is 0 Å². The van der Waals surface area contributed by atoms with Crippen molar-refractivity contribution < 1.29 is 23.8 Å². The maximum absolute atomic E-state index is 12.2. The summed E-state index contributed by atoms with van der Waals surface area (Å²) in [5, 5.41) is 2.60. The van der Waals surface area contributed by atoms with E-state index < -0.39 is 12.1 Å². The molecule has 0 aliphatic carbocycles. The average Bonchev–Trinajstić information content (AvgIpc) is 2.58. The number of carbonyl (C=O) groups is 2. The van der Waals surface area contributed by atoms with Crippen LogP contribution < -0.4 is 5.32 Å². The Morgan fingerprint density at radius 3 is 2.21 bits per heavy atom. The van der Waals surface area contributed by atoms with E-state index in [1.54, 1.807) is 0 Å². The van der Waals surface area contributed by atoms with Crippen molar-refractivity contribution in [1.29, 1.82) is 0 Å². The van der Waals surface area contributed by atoms with E-state index in [1.807, 2.05) is 13.8 Å². The number of alkyl carbamates (subject to hydrolysis) is 1. The predicted octanol–water partition coefficient (Wildman–Crippen LogP) is 3.68. The van der Waals surface area contributed by atoms with E-state index in [0.29, 0.717) is 13.2 Å². The highest BCUT2D eigenvalue weighted by molar-refractivity contribution is 5.81. The molecule has 2 atom stereocenters. The number of nitrogens with one attached hydrogen (secondary N) is 1. The molecule has 0 bridgehead atoms. The Bertz CT molecular complexity index is 335. The number of methoxy groups -OCH3 is 1. The first-order valence-corrected chi connectivity index (χ1v) is 9.15. The monoisotopic (exact) mass is 345 g/mol. The second kappa shape index (κ2) is 15.2. The number of esters is 1. The van der Waals surface area contributed by atoms with Gasteiger partial charge in [0.15, 0.2) is 0 Å². The number of ether oxygens (including phenoxy) is 3. The van der Waals surface area contributed by atoms with Crippen LogP contribution in [-0.4, -0.2) is 45.0 Å². The van der Waals surface area contributed by atoms with Gasteiger partial charge in [-0.2, -0.15) is 0 Å². The van der Waals surface area contributed by atoms with E-state index in [9.17, 15) is 9.59 Å². The zero-order valence-corrected chi connectivity index (χ0v) is 15.8. The van der Waals surface area contributed by atoms with Crippen molar-refractivity contribution in [3.05, 3.63) is 0 Å². The van der Waals surface area contributed by atoms with Crippen LogP contribution in [0.4, 0.5) is 4.79 Å². The Morgan fingerprint density at radius 1 is 0.917 bits per heavy atom. The second-order valence-electron chi connectivity index (χ2n) is 6.07. The van der Waals surface area contributed by atoms with Gasteiger partial charge in [-0.1, -0.05) is 59.3 Å². The van der Waals surface area contributed by atoms with Crippen LogP contribution in [-0.2, 0) is 19.0 Å². The highest BCUT2D eigenvalue weighted by atomic mass is 16.6. The summed E-state index contributed by atoms with van der Waals surface area (Å²) in [5.41, 5.74) is 0. The summed E-state index contributed by atoms with van der Waals surface area (Å²) in [6.45, 7) is 6.94. The van der Waals surface area contributed by atoms with Gasteiger partial charge in [0.1, 0.15) is 12.6 Å². The molecule has 0 aliphatic heterocycles. The van der Waals surface area contributed by atoms with Crippen LogP contribution in [0.3, 0.4) is 0 Å². The first-order valence-electron chi connectivity index (χ1n) is 9.15. The third-order valence-corrected chi connectivity index (χ3v) is 4.00. The van der Waals surface area contributed by atoms with Crippen LogP contribution in [0.5, 0.6) is 0 Å². The molecule has 0 saturated carbocycles. The van der Waals surface area contributed by atoms with Crippen LogP contribution in [0, 0.1) is 5.92 Å². The maximum atomic E-state index is 12.2. The SMILES string of the molecule is CCCCCCCCOC(=O)C(NC(=O)OCCOC)C(C)CC. The number of rotatable bonds is 14. The van der Waals surface area contributed by atoms with Crippen molar-refractivity contribution in [2.24, 2.45) is 5.92 Å². The van der Waals surface area contributed by atoms with Crippen molar-refractivity contribution in [2.45, 2.75) is 71.8 Å². The van der Waals surface area contributed by atoms with E-state index in [2.05, 4.69) is 12.2 Å². The van der Waals surface area contributed by atoms with Crippen LogP contribution >= 0.6 is 0 Å².